The van der Waals surface area contributed by atoms with Crippen LogP contribution >= 0.6 is 0 Å². The standard InChI is InChI=1S/C14H25N5O2/c1-4-5-15-14(3,13(20)21)8-11(2)18-6-7-19-10-16-17-12(19)9-18/h10-11,15H,4-9H2,1-3H3,(H,20,21). The zero-order valence-corrected chi connectivity index (χ0v) is 13.0. The summed E-state index contributed by atoms with van der Waals surface area (Å²) in [6.45, 7) is 9.09. The van der Waals surface area contributed by atoms with E-state index in [2.05, 4.69) is 31.9 Å². The molecule has 0 amide bonds. The van der Waals surface area contributed by atoms with E-state index in [1.54, 1.807) is 13.3 Å². The van der Waals surface area contributed by atoms with Crippen LogP contribution in [-0.4, -0.2) is 55.4 Å². The first-order valence-corrected chi connectivity index (χ1v) is 7.55. The fraction of sp³-hybridized carbons (Fsp3) is 0.786. The van der Waals surface area contributed by atoms with Gasteiger partial charge in [0.1, 0.15) is 17.7 Å². The zero-order chi connectivity index (χ0) is 15.5. The molecule has 0 aliphatic carbocycles. The van der Waals surface area contributed by atoms with E-state index in [0.717, 1.165) is 31.9 Å². The van der Waals surface area contributed by atoms with Gasteiger partial charge in [-0.2, -0.15) is 0 Å². The molecule has 1 aliphatic rings. The van der Waals surface area contributed by atoms with Crippen molar-refractivity contribution in [2.75, 3.05) is 13.1 Å². The SMILES string of the molecule is CCCNC(C)(CC(C)N1CCn2cnnc2C1)C(=O)O. The molecule has 7 heteroatoms. The summed E-state index contributed by atoms with van der Waals surface area (Å²) in [5.41, 5.74) is -0.888. The van der Waals surface area contributed by atoms with Gasteiger partial charge in [-0.15, -0.1) is 10.2 Å². The van der Waals surface area contributed by atoms with Crippen molar-refractivity contribution in [3.05, 3.63) is 12.2 Å². The smallest absolute Gasteiger partial charge is 0.323 e. The Hall–Kier alpha value is -1.47. The Labute approximate surface area is 125 Å². The Bertz CT molecular complexity index is 489. The second kappa shape index (κ2) is 6.53. The molecule has 0 saturated carbocycles. The maximum atomic E-state index is 11.6. The minimum absolute atomic E-state index is 0.168. The number of hydrogen-bond acceptors (Lipinski definition) is 5. The number of fused-ring (bicyclic) bond motifs is 1. The summed E-state index contributed by atoms with van der Waals surface area (Å²) in [5, 5.41) is 20.7. The number of nitrogens with zero attached hydrogens (tertiary/aromatic N) is 4. The van der Waals surface area contributed by atoms with Crippen LogP contribution in [0.15, 0.2) is 6.33 Å². The van der Waals surface area contributed by atoms with Crippen LogP contribution in [0.5, 0.6) is 0 Å². The van der Waals surface area contributed by atoms with E-state index in [9.17, 15) is 9.90 Å². The molecule has 118 valence electrons. The number of aromatic nitrogens is 3. The fourth-order valence-corrected chi connectivity index (χ4v) is 2.82. The van der Waals surface area contributed by atoms with Gasteiger partial charge in [0.05, 0.1) is 6.54 Å². The van der Waals surface area contributed by atoms with Gasteiger partial charge in [0.25, 0.3) is 0 Å². The van der Waals surface area contributed by atoms with Crippen LogP contribution < -0.4 is 5.32 Å². The van der Waals surface area contributed by atoms with Crippen LogP contribution in [0.1, 0.15) is 39.4 Å². The van der Waals surface area contributed by atoms with Gasteiger partial charge >= 0.3 is 5.97 Å². The first-order chi connectivity index (χ1) is 9.96. The minimum atomic E-state index is -0.888. The number of carboxylic acids is 1. The van der Waals surface area contributed by atoms with Gasteiger partial charge in [0.15, 0.2) is 0 Å². The second-order valence-corrected chi connectivity index (χ2v) is 6.03. The highest BCUT2D eigenvalue weighted by atomic mass is 16.4. The lowest BCUT2D eigenvalue weighted by atomic mass is 9.92. The van der Waals surface area contributed by atoms with Gasteiger partial charge in [0.2, 0.25) is 0 Å². The van der Waals surface area contributed by atoms with Gasteiger partial charge in [-0.3, -0.25) is 9.69 Å². The molecule has 2 unspecified atom stereocenters. The Morgan fingerprint density at radius 1 is 1.57 bits per heavy atom. The van der Waals surface area contributed by atoms with E-state index in [1.165, 1.54) is 0 Å². The van der Waals surface area contributed by atoms with Crippen molar-refractivity contribution in [1.29, 1.82) is 0 Å². The Kier molecular flexibility index (Phi) is 4.95. The number of carboxylic acid groups (broad SMARTS) is 1. The van der Waals surface area contributed by atoms with Gasteiger partial charge in [-0.25, -0.2) is 0 Å². The molecule has 0 radical (unpaired) electrons. The van der Waals surface area contributed by atoms with Crippen molar-refractivity contribution in [2.45, 2.75) is 58.3 Å². The largest absolute Gasteiger partial charge is 0.480 e. The molecule has 7 nitrogen and oxygen atoms in total. The topological polar surface area (TPSA) is 83.3 Å². The Balaban J connectivity index is 1.99. The fourth-order valence-electron chi connectivity index (χ4n) is 2.82. The van der Waals surface area contributed by atoms with Crippen LogP contribution in [-0.2, 0) is 17.9 Å². The highest BCUT2D eigenvalue weighted by molar-refractivity contribution is 5.78. The molecule has 2 rings (SSSR count). The lowest BCUT2D eigenvalue weighted by Crippen LogP contribution is -2.54. The normalized spacial score (nSPS) is 19.8. The molecule has 21 heavy (non-hydrogen) atoms. The summed E-state index contributed by atoms with van der Waals surface area (Å²) in [5.74, 6) is 0.162. The van der Waals surface area contributed by atoms with E-state index >= 15 is 0 Å². The number of aliphatic carboxylic acids is 1. The maximum Gasteiger partial charge on any atom is 0.323 e. The number of nitrogens with one attached hydrogen (secondary N) is 1. The average Bonchev–Trinajstić information content (AvgIpc) is 2.92. The molecule has 0 fully saturated rings. The van der Waals surface area contributed by atoms with Crippen molar-refractivity contribution in [3.63, 3.8) is 0 Å². The summed E-state index contributed by atoms with van der Waals surface area (Å²) in [7, 11) is 0. The quantitative estimate of drug-likeness (QED) is 0.771. The van der Waals surface area contributed by atoms with Crippen molar-refractivity contribution in [1.82, 2.24) is 25.0 Å². The van der Waals surface area contributed by atoms with E-state index in [-0.39, 0.29) is 6.04 Å². The molecule has 0 bridgehead atoms. The van der Waals surface area contributed by atoms with Gasteiger partial charge < -0.3 is 15.0 Å². The second-order valence-electron chi connectivity index (χ2n) is 6.03. The third kappa shape index (κ3) is 3.59. The molecular weight excluding hydrogens is 270 g/mol. The number of carbonyl (C=O) groups is 1. The summed E-state index contributed by atoms with van der Waals surface area (Å²) >= 11 is 0. The molecule has 2 heterocycles. The lowest BCUT2D eigenvalue weighted by Gasteiger charge is -2.37. The highest BCUT2D eigenvalue weighted by Crippen LogP contribution is 2.20. The van der Waals surface area contributed by atoms with Crippen LogP contribution in [0.25, 0.3) is 0 Å². The van der Waals surface area contributed by atoms with E-state index in [0.29, 0.717) is 13.0 Å². The molecule has 0 saturated heterocycles. The third-order valence-corrected chi connectivity index (χ3v) is 4.23. The predicted molar refractivity (Wildman–Crippen MR) is 78.8 cm³/mol. The van der Waals surface area contributed by atoms with Crippen LogP contribution in [0.4, 0.5) is 0 Å². The van der Waals surface area contributed by atoms with E-state index < -0.39 is 11.5 Å². The van der Waals surface area contributed by atoms with E-state index in [1.807, 2.05) is 6.92 Å². The predicted octanol–water partition coefficient (Wildman–Crippen LogP) is 0.715. The number of rotatable bonds is 7. The number of hydrogen-bond donors (Lipinski definition) is 2. The van der Waals surface area contributed by atoms with Crippen molar-refractivity contribution < 1.29 is 9.90 Å². The summed E-state index contributed by atoms with van der Waals surface area (Å²) in [4.78, 5) is 13.9. The molecule has 2 N–H and O–H groups in total. The summed E-state index contributed by atoms with van der Waals surface area (Å²) < 4.78 is 2.05. The average molecular weight is 295 g/mol. The minimum Gasteiger partial charge on any atom is -0.480 e. The Morgan fingerprint density at radius 2 is 2.33 bits per heavy atom. The molecule has 1 aromatic heterocycles. The van der Waals surface area contributed by atoms with Crippen LogP contribution in [0, 0.1) is 0 Å². The molecule has 1 aromatic rings. The first kappa shape index (κ1) is 15.9. The zero-order valence-electron chi connectivity index (χ0n) is 13.0. The molecule has 0 aromatic carbocycles. The third-order valence-electron chi connectivity index (χ3n) is 4.23. The Morgan fingerprint density at radius 3 is 3.00 bits per heavy atom. The van der Waals surface area contributed by atoms with Crippen molar-refractivity contribution >= 4 is 5.97 Å². The molecule has 2 atom stereocenters. The van der Waals surface area contributed by atoms with Gasteiger partial charge in [-0.05, 0) is 33.2 Å². The summed E-state index contributed by atoms with van der Waals surface area (Å²) in [6, 6.07) is 0.168. The molecule has 1 aliphatic heterocycles. The molecule has 0 spiro atoms. The van der Waals surface area contributed by atoms with Crippen molar-refractivity contribution in [3.8, 4) is 0 Å². The first-order valence-electron chi connectivity index (χ1n) is 7.55. The van der Waals surface area contributed by atoms with Gasteiger partial charge in [-0.1, -0.05) is 6.92 Å². The monoisotopic (exact) mass is 295 g/mol. The lowest BCUT2D eigenvalue weighted by molar-refractivity contribution is -0.145. The van der Waals surface area contributed by atoms with Crippen LogP contribution in [0.2, 0.25) is 0 Å². The maximum absolute atomic E-state index is 11.6. The van der Waals surface area contributed by atoms with Crippen molar-refractivity contribution in [2.24, 2.45) is 0 Å². The summed E-state index contributed by atoms with van der Waals surface area (Å²) in [6.07, 6.45) is 3.24. The van der Waals surface area contributed by atoms with Gasteiger partial charge in [0, 0.05) is 19.1 Å². The van der Waals surface area contributed by atoms with E-state index in [4.69, 9.17) is 0 Å². The van der Waals surface area contributed by atoms with Crippen LogP contribution in [0.3, 0.4) is 0 Å². The highest BCUT2D eigenvalue weighted by Gasteiger charge is 2.36. The molecular formula is C14H25N5O2.